The lowest BCUT2D eigenvalue weighted by Crippen LogP contribution is -2.15. The zero-order valence-electron chi connectivity index (χ0n) is 14.7. The van der Waals surface area contributed by atoms with Gasteiger partial charge in [-0.25, -0.2) is 8.42 Å². The molecule has 2 aromatic heterocycles. The molecule has 2 heterocycles. The van der Waals surface area contributed by atoms with E-state index in [0.717, 1.165) is 10.6 Å². The smallest absolute Gasteiger partial charge is 0.263 e. The van der Waals surface area contributed by atoms with Crippen LogP contribution in [0.4, 0.5) is 5.69 Å². The van der Waals surface area contributed by atoms with Gasteiger partial charge < -0.3 is 4.74 Å². The van der Waals surface area contributed by atoms with Crippen LogP contribution >= 0.6 is 22.9 Å². The van der Waals surface area contributed by atoms with Crippen molar-refractivity contribution in [2.75, 3.05) is 11.8 Å². The highest BCUT2D eigenvalue weighted by molar-refractivity contribution is 7.93. The van der Waals surface area contributed by atoms with Crippen molar-refractivity contribution in [2.24, 2.45) is 0 Å². The molecular formula is C17H18ClN3O3S2. The predicted octanol–water partition coefficient (Wildman–Crippen LogP) is 4.53. The average Bonchev–Trinajstić information content (AvgIpc) is 3.10. The Bertz CT molecular complexity index is 1070. The summed E-state index contributed by atoms with van der Waals surface area (Å²) >= 11 is 7.43. The maximum Gasteiger partial charge on any atom is 0.263 e. The molecule has 0 saturated carbocycles. The molecule has 3 rings (SSSR count). The number of sulfonamides is 1. The summed E-state index contributed by atoms with van der Waals surface area (Å²) in [5.74, 6) is 0.389. The van der Waals surface area contributed by atoms with Crippen LogP contribution in [0.3, 0.4) is 0 Å². The molecule has 0 atom stereocenters. The van der Waals surface area contributed by atoms with E-state index in [2.05, 4.69) is 14.9 Å². The van der Waals surface area contributed by atoms with E-state index < -0.39 is 10.0 Å². The molecule has 0 amide bonds. The summed E-state index contributed by atoms with van der Waals surface area (Å²) in [5.41, 5.74) is 2.34. The van der Waals surface area contributed by atoms with E-state index >= 15 is 0 Å². The Morgan fingerprint density at radius 2 is 1.92 bits per heavy atom. The van der Waals surface area contributed by atoms with Crippen LogP contribution in [0.15, 0.2) is 29.2 Å². The number of aryl methyl sites for hydroxylation is 3. The van der Waals surface area contributed by atoms with Crippen LogP contribution in [0.5, 0.6) is 5.75 Å². The first-order valence-corrected chi connectivity index (χ1v) is 10.4. The second-order valence-corrected chi connectivity index (χ2v) is 9.29. The number of aromatic amines is 1. The van der Waals surface area contributed by atoms with Gasteiger partial charge in [-0.3, -0.25) is 9.82 Å². The van der Waals surface area contributed by atoms with Gasteiger partial charge >= 0.3 is 0 Å². The number of methoxy groups -OCH3 is 1. The molecule has 3 aromatic rings. The molecular weight excluding hydrogens is 394 g/mol. The molecule has 0 aliphatic heterocycles. The molecule has 138 valence electrons. The molecule has 0 unspecified atom stereocenters. The fourth-order valence-corrected chi connectivity index (χ4v) is 5.89. The number of rotatable bonds is 5. The van der Waals surface area contributed by atoms with Gasteiger partial charge in [0.05, 0.1) is 18.5 Å². The monoisotopic (exact) mass is 411 g/mol. The summed E-state index contributed by atoms with van der Waals surface area (Å²) in [5, 5.41) is 7.50. The molecule has 6 nitrogen and oxygen atoms in total. The number of halogens is 1. The summed E-state index contributed by atoms with van der Waals surface area (Å²) in [6.07, 6.45) is 0. The van der Waals surface area contributed by atoms with E-state index in [0.29, 0.717) is 26.9 Å². The number of thiophene rings is 1. The molecule has 9 heteroatoms. The van der Waals surface area contributed by atoms with Crippen molar-refractivity contribution in [1.29, 1.82) is 0 Å². The second kappa shape index (κ2) is 6.94. The Morgan fingerprint density at radius 1 is 1.19 bits per heavy atom. The fraction of sp³-hybridized carbons (Fsp3) is 0.235. The molecule has 0 fully saturated rings. The van der Waals surface area contributed by atoms with Crippen molar-refractivity contribution in [3.8, 4) is 17.0 Å². The van der Waals surface area contributed by atoms with Crippen LogP contribution in [0.2, 0.25) is 5.02 Å². The molecule has 0 aliphatic carbocycles. The molecule has 26 heavy (non-hydrogen) atoms. The van der Waals surface area contributed by atoms with Crippen LogP contribution in [-0.2, 0) is 10.0 Å². The standard InChI is InChI=1S/C17H18ClN3O3S2/c1-9-7-14(20-19-9)16-10(2)25-11(3)17(16)26(22,23)21-13-8-12(18)5-6-15(13)24-4/h5-8,21H,1-4H3,(H,19,20). The number of benzene rings is 1. The van der Waals surface area contributed by atoms with Gasteiger partial charge in [0.1, 0.15) is 10.6 Å². The maximum absolute atomic E-state index is 13.2. The lowest BCUT2D eigenvalue weighted by molar-refractivity contribution is 0.417. The number of ether oxygens (including phenoxy) is 1. The zero-order chi connectivity index (χ0) is 19.1. The highest BCUT2D eigenvalue weighted by Crippen LogP contribution is 2.40. The first kappa shape index (κ1) is 18.8. The minimum absolute atomic E-state index is 0.216. The first-order chi connectivity index (χ1) is 12.2. The van der Waals surface area contributed by atoms with Crippen molar-refractivity contribution in [1.82, 2.24) is 10.2 Å². The molecule has 0 bridgehead atoms. The van der Waals surface area contributed by atoms with E-state index in [1.54, 1.807) is 19.1 Å². The van der Waals surface area contributed by atoms with E-state index in [-0.39, 0.29) is 10.6 Å². The molecule has 0 spiro atoms. The van der Waals surface area contributed by atoms with E-state index in [1.165, 1.54) is 24.5 Å². The van der Waals surface area contributed by atoms with Gasteiger partial charge in [0.2, 0.25) is 0 Å². The number of aromatic nitrogens is 2. The summed E-state index contributed by atoms with van der Waals surface area (Å²) < 4.78 is 34.2. The number of hydrogen-bond donors (Lipinski definition) is 2. The van der Waals surface area contributed by atoms with Gasteiger partial charge in [-0.2, -0.15) is 5.10 Å². The van der Waals surface area contributed by atoms with Crippen LogP contribution < -0.4 is 9.46 Å². The topological polar surface area (TPSA) is 84.1 Å². The number of nitrogens with zero attached hydrogens (tertiary/aromatic N) is 1. The van der Waals surface area contributed by atoms with E-state index in [4.69, 9.17) is 16.3 Å². The van der Waals surface area contributed by atoms with Gasteiger partial charge in [0, 0.05) is 26.0 Å². The van der Waals surface area contributed by atoms with Crippen molar-refractivity contribution in [3.05, 3.63) is 44.7 Å². The summed E-state index contributed by atoms with van der Waals surface area (Å²) in [6, 6.07) is 6.60. The Hall–Kier alpha value is -2.03. The van der Waals surface area contributed by atoms with Gasteiger partial charge in [-0.15, -0.1) is 11.3 Å². The highest BCUT2D eigenvalue weighted by Gasteiger charge is 2.28. The fourth-order valence-electron chi connectivity index (χ4n) is 2.79. The summed E-state index contributed by atoms with van der Waals surface area (Å²) in [7, 11) is -2.40. The van der Waals surface area contributed by atoms with Crippen LogP contribution in [-0.4, -0.2) is 25.7 Å². The van der Waals surface area contributed by atoms with Crippen LogP contribution in [0, 0.1) is 20.8 Å². The number of anilines is 1. The third kappa shape index (κ3) is 3.44. The SMILES string of the molecule is COc1ccc(Cl)cc1NS(=O)(=O)c1c(C)sc(C)c1-c1cc(C)[nH]n1. The van der Waals surface area contributed by atoms with Crippen molar-refractivity contribution in [2.45, 2.75) is 25.7 Å². The molecule has 0 aliphatic rings. The molecule has 1 aromatic carbocycles. The van der Waals surface area contributed by atoms with Gasteiger partial charge in [0.15, 0.2) is 0 Å². The van der Waals surface area contributed by atoms with Gasteiger partial charge in [-0.1, -0.05) is 11.6 Å². The normalized spacial score (nSPS) is 11.6. The lowest BCUT2D eigenvalue weighted by atomic mass is 10.2. The zero-order valence-corrected chi connectivity index (χ0v) is 17.1. The average molecular weight is 412 g/mol. The van der Waals surface area contributed by atoms with Crippen molar-refractivity contribution < 1.29 is 13.2 Å². The van der Waals surface area contributed by atoms with Crippen molar-refractivity contribution >= 4 is 38.6 Å². The molecule has 0 radical (unpaired) electrons. The maximum atomic E-state index is 13.2. The third-order valence-corrected chi connectivity index (χ3v) is 6.76. The number of hydrogen-bond acceptors (Lipinski definition) is 5. The number of nitrogens with one attached hydrogen (secondary N) is 2. The summed E-state index contributed by atoms with van der Waals surface area (Å²) in [4.78, 5) is 1.78. The Balaban J connectivity index is 2.13. The quantitative estimate of drug-likeness (QED) is 0.646. The Labute approximate surface area is 161 Å². The van der Waals surface area contributed by atoms with Crippen LogP contribution in [0.25, 0.3) is 11.3 Å². The van der Waals surface area contributed by atoms with Crippen molar-refractivity contribution in [3.63, 3.8) is 0 Å². The van der Waals surface area contributed by atoms with Crippen LogP contribution in [0.1, 0.15) is 15.4 Å². The Morgan fingerprint density at radius 3 is 2.54 bits per heavy atom. The van der Waals surface area contributed by atoms with Gasteiger partial charge in [0.25, 0.3) is 10.0 Å². The van der Waals surface area contributed by atoms with Gasteiger partial charge in [-0.05, 0) is 45.0 Å². The second-order valence-electron chi connectivity index (χ2n) is 5.80. The Kier molecular flexibility index (Phi) is 5.01. The third-order valence-electron chi connectivity index (χ3n) is 3.84. The molecule has 2 N–H and O–H groups in total. The van der Waals surface area contributed by atoms with E-state index in [9.17, 15) is 8.42 Å². The number of H-pyrrole nitrogens is 1. The van der Waals surface area contributed by atoms with E-state index in [1.807, 2.05) is 19.9 Å². The lowest BCUT2D eigenvalue weighted by Gasteiger charge is -2.13. The minimum atomic E-state index is -3.87. The predicted molar refractivity (Wildman–Crippen MR) is 105 cm³/mol. The molecule has 0 saturated heterocycles. The summed E-state index contributed by atoms with van der Waals surface area (Å²) in [6.45, 7) is 5.54. The largest absolute Gasteiger partial charge is 0.495 e. The first-order valence-electron chi connectivity index (χ1n) is 7.71. The minimum Gasteiger partial charge on any atom is -0.495 e. The highest BCUT2D eigenvalue weighted by atomic mass is 35.5.